The van der Waals surface area contributed by atoms with E-state index in [1.807, 2.05) is 11.8 Å². The van der Waals surface area contributed by atoms with Gasteiger partial charge in [0.25, 0.3) is 0 Å². The molecule has 1 aromatic heterocycles. The number of carbonyl (C=O) groups is 2. The van der Waals surface area contributed by atoms with Gasteiger partial charge in [-0.05, 0) is 49.0 Å². The van der Waals surface area contributed by atoms with Crippen molar-refractivity contribution in [1.29, 1.82) is 0 Å². The molecule has 1 aliphatic heterocycles. The van der Waals surface area contributed by atoms with Crippen LogP contribution in [0.15, 0.2) is 12.1 Å². The summed E-state index contributed by atoms with van der Waals surface area (Å²) in [4.78, 5) is 24.3. The zero-order valence-electron chi connectivity index (χ0n) is 14.2. The Hall–Kier alpha value is -2.02. The van der Waals surface area contributed by atoms with Crippen molar-refractivity contribution in [3.05, 3.63) is 29.2 Å². The largest absolute Gasteiger partial charge is 0.494 e. The third-order valence-corrected chi connectivity index (χ3v) is 5.79. The summed E-state index contributed by atoms with van der Waals surface area (Å²) >= 11 is 1.82. The van der Waals surface area contributed by atoms with Gasteiger partial charge in [0, 0.05) is 17.0 Å². The van der Waals surface area contributed by atoms with E-state index in [1.54, 1.807) is 13.0 Å². The third-order valence-electron chi connectivity index (χ3n) is 4.74. The number of carboxylic acids is 1. The van der Waals surface area contributed by atoms with E-state index in [4.69, 9.17) is 4.74 Å². The molecule has 2 heterocycles. The molecule has 1 saturated heterocycles. The Balaban J connectivity index is 2.21. The lowest BCUT2D eigenvalue weighted by atomic mass is 10.0. The maximum absolute atomic E-state index is 14.8. The van der Waals surface area contributed by atoms with Crippen molar-refractivity contribution in [2.75, 3.05) is 18.6 Å². The standard InChI is InChI=1S/C18H20FNO4S/c1-10-12(9-15(21)22)16-13(3-4-14(24-2)17(16)19)20(10)18(23)11-5-7-25-8-6-11/h3-4,11H,5-9H2,1-2H3,(H,21,22). The van der Waals surface area contributed by atoms with Gasteiger partial charge < -0.3 is 9.84 Å². The van der Waals surface area contributed by atoms with Gasteiger partial charge in [0.2, 0.25) is 5.91 Å². The number of aromatic nitrogens is 1. The number of aliphatic carboxylic acids is 1. The predicted octanol–water partition coefficient (Wildman–Crippen LogP) is 3.51. The number of benzene rings is 1. The molecule has 0 spiro atoms. The Morgan fingerprint density at radius 3 is 2.64 bits per heavy atom. The molecule has 1 aromatic carbocycles. The van der Waals surface area contributed by atoms with Crippen molar-refractivity contribution in [3.63, 3.8) is 0 Å². The number of ether oxygens (including phenoxy) is 1. The van der Waals surface area contributed by atoms with Crippen LogP contribution in [0.5, 0.6) is 5.75 Å². The fourth-order valence-electron chi connectivity index (χ4n) is 3.45. The molecule has 25 heavy (non-hydrogen) atoms. The average Bonchev–Trinajstić information content (AvgIpc) is 2.87. The number of thioether (sulfide) groups is 1. The molecular weight excluding hydrogens is 345 g/mol. The van der Waals surface area contributed by atoms with Gasteiger partial charge in [-0.2, -0.15) is 11.8 Å². The third kappa shape index (κ3) is 3.13. The monoisotopic (exact) mass is 365 g/mol. The van der Waals surface area contributed by atoms with E-state index < -0.39 is 11.8 Å². The number of hydrogen-bond acceptors (Lipinski definition) is 4. The minimum atomic E-state index is -1.06. The highest BCUT2D eigenvalue weighted by Gasteiger charge is 2.29. The highest BCUT2D eigenvalue weighted by molar-refractivity contribution is 7.99. The molecular formula is C18H20FNO4S. The summed E-state index contributed by atoms with van der Waals surface area (Å²) in [5, 5.41) is 9.38. The molecule has 0 saturated carbocycles. The summed E-state index contributed by atoms with van der Waals surface area (Å²) in [6.45, 7) is 1.68. The van der Waals surface area contributed by atoms with Gasteiger partial charge in [-0.25, -0.2) is 4.39 Å². The van der Waals surface area contributed by atoms with Gasteiger partial charge in [-0.1, -0.05) is 0 Å². The average molecular weight is 365 g/mol. The maximum Gasteiger partial charge on any atom is 0.307 e. The number of rotatable bonds is 4. The van der Waals surface area contributed by atoms with E-state index >= 15 is 0 Å². The van der Waals surface area contributed by atoms with E-state index in [9.17, 15) is 19.1 Å². The van der Waals surface area contributed by atoms with Crippen molar-refractivity contribution in [2.24, 2.45) is 5.92 Å². The van der Waals surface area contributed by atoms with Crippen molar-refractivity contribution >= 4 is 34.5 Å². The molecule has 0 amide bonds. The van der Waals surface area contributed by atoms with Gasteiger partial charge in [0.15, 0.2) is 11.6 Å². The van der Waals surface area contributed by atoms with E-state index in [1.165, 1.54) is 17.7 Å². The van der Waals surface area contributed by atoms with Crippen LogP contribution in [-0.4, -0.2) is 40.2 Å². The summed E-state index contributed by atoms with van der Waals surface area (Å²) in [6.07, 6.45) is 1.23. The number of halogens is 1. The van der Waals surface area contributed by atoms with Crippen molar-refractivity contribution in [3.8, 4) is 5.75 Å². The lowest BCUT2D eigenvalue weighted by molar-refractivity contribution is -0.136. The molecule has 0 bridgehead atoms. The lowest BCUT2D eigenvalue weighted by Gasteiger charge is -2.21. The molecule has 3 rings (SSSR count). The van der Waals surface area contributed by atoms with Crippen LogP contribution >= 0.6 is 11.8 Å². The van der Waals surface area contributed by atoms with Crippen LogP contribution in [0.4, 0.5) is 4.39 Å². The number of carboxylic acid groups (broad SMARTS) is 1. The van der Waals surface area contributed by atoms with Crippen molar-refractivity contribution < 1.29 is 23.8 Å². The molecule has 0 aliphatic carbocycles. The second-order valence-corrected chi connectivity index (χ2v) is 7.40. The number of carbonyl (C=O) groups excluding carboxylic acids is 1. The Morgan fingerprint density at radius 1 is 1.36 bits per heavy atom. The molecule has 1 aliphatic rings. The summed E-state index contributed by atoms with van der Waals surface area (Å²) in [5.41, 5.74) is 1.24. The molecule has 0 atom stereocenters. The zero-order chi connectivity index (χ0) is 18.1. The minimum absolute atomic E-state index is 0.0396. The van der Waals surface area contributed by atoms with Crippen LogP contribution in [0.25, 0.3) is 10.9 Å². The first-order chi connectivity index (χ1) is 12.0. The quantitative estimate of drug-likeness (QED) is 0.898. The van der Waals surface area contributed by atoms with Crippen LogP contribution in [-0.2, 0) is 11.2 Å². The molecule has 134 valence electrons. The first kappa shape index (κ1) is 17.8. The van der Waals surface area contributed by atoms with E-state index in [0.717, 1.165) is 24.3 Å². The fourth-order valence-corrected chi connectivity index (χ4v) is 4.56. The van der Waals surface area contributed by atoms with Crippen LogP contribution in [0.3, 0.4) is 0 Å². The van der Waals surface area contributed by atoms with Gasteiger partial charge in [0.05, 0.1) is 19.0 Å². The molecule has 1 fully saturated rings. The highest BCUT2D eigenvalue weighted by Crippen LogP contribution is 2.35. The molecule has 0 unspecified atom stereocenters. The Bertz CT molecular complexity index is 839. The molecule has 1 N–H and O–H groups in total. The van der Waals surface area contributed by atoms with Crippen LogP contribution in [0.1, 0.15) is 28.9 Å². The first-order valence-electron chi connectivity index (χ1n) is 8.15. The second-order valence-electron chi connectivity index (χ2n) is 6.17. The fraction of sp³-hybridized carbons (Fsp3) is 0.444. The number of methoxy groups -OCH3 is 1. The van der Waals surface area contributed by atoms with Crippen LogP contribution in [0, 0.1) is 18.7 Å². The first-order valence-corrected chi connectivity index (χ1v) is 9.31. The second kappa shape index (κ2) is 7.07. The predicted molar refractivity (Wildman–Crippen MR) is 95.2 cm³/mol. The Morgan fingerprint density at radius 2 is 2.04 bits per heavy atom. The van der Waals surface area contributed by atoms with E-state index in [-0.39, 0.29) is 29.4 Å². The van der Waals surface area contributed by atoms with Gasteiger partial charge in [-0.15, -0.1) is 0 Å². The molecule has 5 nitrogen and oxygen atoms in total. The Kier molecular flexibility index (Phi) is 5.03. The topological polar surface area (TPSA) is 68.5 Å². The van der Waals surface area contributed by atoms with Gasteiger partial charge in [-0.3, -0.25) is 14.2 Å². The van der Waals surface area contributed by atoms with Crippen molar-refractivity contribution in [2.45, 2.75) is 26.2 Å². The molecule has 7 heteroatoms. The number of nitrogens with zero attached hydrogens (tertiary/aromatic N) is 1. The number of fused-ring (bicyclic) bond motifs is 1. The summed E-state index contributed by atoms with van der Waals surface area (Å²) in [6, 6.07) is 3.10. The van der Waals surface area contributed by atoms with E-state index in [2.05, 4.69) is 0 Å². The Labute approximate surface area is 149 Å². The smallest absolute Gasteiger partial charge is 0.307 e. The van der Waals surface area contributed by atoms with Crippen molar-refractivity contribution in [1.82, 2.24) is 4.57 Å². The lowest BCUT2D eigenvalue weighted by Crippen LogP contribution is -2.26. The van der Waals surface area contributed by atoms with Gasteiger partial charge in [0.1, 0.15) is 0 Å². The zero-order valence-corrected chi connectivity index (χ0v) is 15.0. The van der Waals surface area contributed by atoms with Crippen LogP contribution < -0.4 is 4.74 Å². The van der Waals surface area contributed by atoms with Gasteiger partial charge >= 0.3 is 5.97 Å². The summed E-state index contributed by atoms with van der Waals surface area (Å²) < 4.78 is 21.3. The number of hydrogen-bond donors (Lipinski definition) is 1. The SMILES string of the molecule is COc1ccc2c(c1F)c(CC(=O)O)c(C)n2C(=O)C1CCSCC1. The molecule has 2 aromatic rings. The highest BCUT2D eigenvalue weighted by atomic mass is 32.2. The normalized spacial score (nSPS) is 15.5. The van der Waals surface area contributed by atoms with E-state index in [0.29, 0.717) is 16.8 Å². The van der Waals surface area contributed by atoms with Crippen LogP contribution in [0.2, 0.25) is 0 Å². The summed E-state index contributed by atoms with van der Waals surface area (Å²) in [5.74, 6) is 0.0219. The summed E-state index contributed by atoms with van der Waals surface area (Å²) in [7, 11) is 1.36. The minimum Gasteiger partial charge on any atom is -0.494 e. The maximum atomic E-state index is 14.8. The molecule has 0 radical (unpaired) electrons.